The minimum atomic E-state index is -4.38. The molecule has 0 atom stereocenters. The van der Waals surface area contributed by atoms with E-state index >= 15 is 0 Å². The number of benzene rings is 1. The third-order valence-corrected chi connectivity index (χ3v) is 2.36. The summed E-state index contributed by atoms with van der Waals surface area (Å²) in [4.78, 5) is 0. The minimum absolute atomic E-state index is 0.0529. The van der Waals surface area contributed by atoms with Crippen molar-refractivity contribution in [2.24, 2.45) is 0 Å². The molecule has 2 aromatic rings. The number of aromatic nitrogens is 4. The van der Waals surface area contributed by atoms with Gasteiger partial charge in [-0.3, -0.25) is 0 Å². The first-order valence-corrected chi connectivity index (χ1v) is 5.06. The highest BCUT2D eigenvalue weighted by Gasteiger charge is 2.30. The molecule has 8 heteroatoms. The summed E-state index contributed by atoms with van der Waals surface area (Å²) in [5.74, 6) is 0.0529. The predicted molar refractivity (Wildman–Crippen MR) is 58.5 cm³/mol. The average Bonchev–Trinajstić information content (AvgIpc) is 2.67. The van der Waals surface area contributed by atoms with Crippen LogP contribution in [0.4, 0.5) is 18.9 Å². The van der Waals surface area contributed by atoms with E-state index in [4.69, 9.17) is 5.73 Å². The average molecular weight is 257 g/mol. The number of nitrogen functional groups attached to an aromatic ring is 1. The molecular weight excluding hydrogens is 247 g/mol. The van der Waals surface area contributed by atoms with Crippen LogP contribution in [0.25, 0.3) is 11.4 Å². The Morgan fingerprint density at radius 2 is 2.06 bits per heavy atom. The van der Waals surface area contributed by atoms with E-state index in [-0.39, 0.29) is 5.82 Å². The lowest BCUT2D eigenvalue weighted by Gasteiger charge is -2.09. The van der Waals surface area contributed by atoms with Crippen LogP contribution in [0.3, 0.4) is 0 Å². The van der Waals surface area contributed by atoms with Crippen molar-refractivity contribution in [3.63, 3.8) is 0 Å². The van der Waals surface area contributed by atoms with Crippen LogP contribution in [0.5, 0.6) is 0 Å². The SMILES string of the molecule is Cc1ccc(N)cc1-c1nnnn1CC(F)(F)F. The molecule has 0 aliphatic heterocycles. The largest absolute Gasteiger partial charge is 0.408 e. The Morgan fingerprint density at radius 1 is 1.33 bits per heavy atom. The first-order chi connectivity index (χ1) is 8.37. The lowest BCUT2D eigenvalue weighted by Crippen LogP contribution is -2.19. The van der Waals surface area contributed by atoms with E-state index in [1.807, 2.05) is 0 Å². The third-order valence-electron chi connectivity index (χ3n) is 2.36. The highest BCUT2D eigenvalue weighted by Crippen LogP contribution is 2.25. The molecule has 2 N–H and O–H groups in total. The molecule has 2 rings (SSSR count). The van der Waals surface area contributed by atoms with Gasteiger partial charge in [0, 0.05) is 11.3 Å². The smallest absolute Gasteiger partial charge is 0.399 e. The molecule has 0 bridgehead atoms. The van der Waals surface area contributed by atoms with Gasteiger partial charge in [-0.15, -0.1) is 5.10 Å². The Kier molecular flexibility index (Phi) is 2.93. The summed E-state index contributed by atoms with van der Waals surface area (Å²) in [5.41, 5.74) is 7.29. The fourth-order valence-corrected chi connectivity index (χ4v) is 1.55. The number of alkyl halides is 3. The summed E-state index contributed by atoms with van der Waals surface area (Å²) in [5, 5.41) is 10.2. The number of aryl methyl sites for hydroxylation is 1. The van der Waals surface area contributed by atoms with Crippen molar-refractivity contribution in [1.29, 1.82) is 0 Å². The van der Waals surface area contributed by atoms with Crippen molar-refractivity contribution in [1.82, 2.24) is 20.2 Å². The number of anilines is 1. The Labute approximate surface area is 100 Å². The molecule has 0 unspecified atom stereocenters. The number of rotatable bonds is 2. The van der Waals surface area contributed by atoms with Gasteiger partial charge in [-0.05, 0) is 35.0 Å². The second-order valence-corrected chi connectivity index (χ2v) is 3.85. The Hall–Kier alpha value is -2.12. The van der Waals surface area contributed by atoms with Gasteiger partial charge < -0.3 is 5.73 Å². The van der Waals surface area contributed by atoms with Gasteiger partial charge in [-0.1, -0.05) is 6.07 Å². The summed E-state index contributed by atoms with van der Waals surface area (Å²) in [6.45, 7) is 0.519. The van der Waals surface area contributed by atoms with Crippen molar-refractivity contribution in [2.75, 3.05) is 5.73 Å². The van der Waals surface area contributed by atoms with Crippen LogP contribution < -0.4 is 5.73 Å². The van der Waals surface area contributed by atoms with Crippen molar-refractivity contribution in [3.05, 3.63) is 23.8 Å². The molecule has 0 fully saturated rings. The third kappa shape index (κ3) is 2.58. The fraction of sp³-hybridized carbons (Fsp3) is 0.300. The monoisotopic (exact) mass is 257 g/mol. The van der Waals surface area contributed by atoms with Gasteiger partial charge in [0.2, 0.25) is 0 Å². The minimum Gasteiger partial charge on any atom is -0.399 e. The van der Waals surface area contributed by atoms with Gasteiger partial charge >= 0.3 is 6.18 Å². The molecule has 96 valence electrons. The normalized spacial score (nSPS) is 11.8. The Bertz CT molecular complexity index is 561. The van der Waals surface area contributed by atoms with Crippen LogP contribution >= 0.6 is 0 Å². The van der Waals surface area contributed by atoms with Gasteiger partial charge in [0.05, 0.1) is 0 Å². The molecule has 0 radical (unpaired) electrons. The molecule has 0 spiro atoms. The fourth-order valence-electron chi connectivity index (χ4n) is 1.55. The molecule has 0 saturated carbocycles. The number of hydrogen-bond acceptors (Lipinski definition) is 4. The molecule has 0 aliphatic rings. The van der Waals surface area contributed by atoms with Crippen LogP contribution in [0.2, 0.25) is 0 Å². The molecule has 0 saturated heterocycles. The lowest BCUT2D eigenvalue weighted by atomic mass is 10.1. The van der Waals surface area contributed by atoms with E-state index in [2.05, 4.69) is 15.5 Å². The summed E-state index contributed by atoms with van der Waals surface area (Å²) in [6, 6.07) is 4.92. The van der Waals surface area contributed by atoms with Crippen LogP contribution in [-0.4, -0.2) is 26.4 Å². The van der Waals surface area contributed by atoms with Crippen molar-refractivity contribution >= 4 is 5.69 Å². The zero-order valence-electron chi connectivity index (χ0n) is 9.44. The Morgan fingerprint density at radius 3 is 2.72 bits per heavy atom. The van der Waals surface area contributed by atoms with Gasteiger partial charge in [0.25, 0.3) is 0 Å². The zero-order valence-corrected chi connectivity index (χ0v) is 9.44. The van der Waals surface area contributed by atoms with E-state index in [0.29, 0.717) is 15.9 Å². The maximum absolute atomic E-state index is 12.4. The zero-order chi connectivity index (χ0) is 13.3. The number of halogens is 3. The van der Waals surface area contributed by atoms with Gasteiger partial charge in [0.1, 0.15) is 6.54 Å². The first kappa shape index (κ1) is 12.3. The summed E-state index contributed by atoms with van der Waals surface area (Å²) in [7, 11) is 0. The van der Waals surface area contributed by atoms with Crippen molar-refractivity contribution in [2.45, 2.75) is 19.6 Å². The van der Waals surface area contributed by atoms with Gasteiger partial charge in [0.15, 0.2) is 5.82 Å². The quantitative estimate of drug-likeness (QED) is 0.833. The number of nitrogens with zero attached hydrogens (tertiary/aromatic N) is 4. The van der Waals surface area contributed by atoms with Crippen LogP contribution in [-0.2, 0) is 6.54 Å². The maximum atomic E-state index is 12.4. The number of tetrazole rings is 1. The molecule has 0 aliphatic carbocycles. The summed E-state index contributed by atoms with van der Waals surface area (Å²) >= 11 is 0. The standard InChI is InChI=1S/C10H10F3N5/c1-6-2-3-7(14)4-8(6)9-15-16-17-18(9)5-10(11,12)13/h2-4H,5,14H2,1H3. The topological polar surface area (TPSA) is 69.6 Å². The number of nitrogens with two attached hydrogens (primary N) is 1. The second kappa shape index (κ2) is 4.28. The van der Waals surface area contributed by atoms with E-state index in [0.717, 1.165) is 5.56 Å². The lowest BCUT2D eigenvalue weighted by molar-refractivity contribution is -0.142. The highest BCUT2D eigenvalue weighted by molar-refractivity contribution is 5.65. The molecule has 18 heavy (non-hydrogen) atoms. The highest BCUT2D eigenvalue weighted by atomic mass is 19.4. The molecule has 1 aromatic heterocycles. The van der Waals surface area contributed by atoms with Crippen molar-refractivity contribution in [3.8, 4) is 11.4 Å². The molecule has 5 nitrogen and oxygen atoms in total. The summed E-state index contributed by atoms with van der Waals surface area (Å²) < 4.78 is 37.8. The first-order valence-electron chi connectivity index (χ1n) is 5.06. The van der Waals surface area contributed by atoms with Gasteiger partial charge in [-0.25, -0.2) is 4.68 Å². The molecular formula is C10H10F3N5. The predicted octanol–water partition coefficient (Wildman–Crippen LogP) is 1.79. The molecule has 1 heterocycles. The summed E-state index contributed by atoms with van der Waals surface area (Å²) in [6.07, 6.45) is -4.38. The van der Waals surface area contributed by atoms with Gasteiger partial charge in [-0.2, -0.15) is 13.2 Å². The number of hydrogen-bond donors (Lipinski definition) is 1. The van der Waals surface area contributed by atoms with Crippen molar-refractivity contribution < 1.29 is 13.2 Å². The van der Waals surface area contributed by atoms with Crippen LogP contribution in [0.15, 0.2) is 18.2 Å². The molecule has 0 amide bonds. The van der Waals surface area contributed by atoms with E-state index in [1.54, 1.807) is 25.1 Å². The molecule has 1 aromatic carbocycles. The Balaban J connectivity index is 2.45. The maximum Gasteiger partial charge on any atom is 0.408 e. The second-order valence-electron chi connectivity index (χ2n) is 3.85. The van der Waals surface area contributed by atoms with Crippen LogP contribution in [0.1, 0.15) is 5.56 Å². The van der Waals surface area contributed by atoms with Crippen LogP contribution in [0, 0.1) is 6.92 Å². The van der Waals surface area contributed by atoms with E-state index in [9.17, 15) is 13.2 Å². The van der Waals surface area contributed by atoms with E-state index in [1.165, 1.54) is 0 Å². The van der Waals surface area contributed by atoms with E-state index < -0.39 is 12.7 Å².